The molecule has 2 amide bonds. The highest BCUT2D eigenvalue weighted by atomic mass is 32.1. The van der Waals surface area contributed by atoms with E-state index >= 15 is 0 Å². The number of aryl methyl sites for hydroxylation is 1. The molecule has 0 spiro atoms. The molecule has 19 heavy (non-hydrogen) atoms. The maximum Gasteiger partial charge on any atom is 0.261 e. The van der Waals surface area contributed by atoms with Crippen molar-refractivity contribution in [2.24, 2.45) is 0 Å². The number of carbonyl (C=O) groups excluding carboxylic acids is 2. The highest BCUT2D eigenvalue weighted by Crippen LogP contribution is 2.14. The van der Waals surface area contributed by atoms with E-state index in [9.17, 15) is 14.7 Å². The van der Waals surface area contributed by atoms with E-state index in [0.717, 1.165) is 4.88 Å². The van der Waals surface area contributed by atoms with Crippen molar-refractivity contribution in [3.05, 3.63) is 21.9 Å². The van der Waals surface area contributed by atoms with E-state index in [-0.39, 0.29) is 25.0 Å². The van der Waals surface area contributed by atoms with Gasteiger partial charge in [-0.2, -0.15) is 0 Å². The van der Waals surface area contributed by atoms with Crippen molar-refractivity contribution in [3.8, 4) is 0 Å². The zero-order valence-electron chi connectivity index (χ0n) is 11.4. The summed E-state index contributed by atoms with van der Waals surface area (Å²) < 4.78 is 0. The summed E-state index contributed by atoms with van der Waals surface area (Å²) in [6.07, 6.45) is 0.618. The quantitative estimate of drug-likeness (QED) is 0.731. The Morgan fingerprint density at radius 1 is 1.42 bits per heavy atom. The topological polar surface area (TPSA) is 78.4 Å². The number of carbonyl (C=O) groups is 2. The SMILES string of the molecule is CCC(C)(CO)NC(=O)CNC(=O)c1ccc(C)s1. The Labute approximate surface area is 117 Å². The number of amides is 2. The lowest BCUT2D eigenvalue weighted by atomic mass is 10.0. The average Bonchev–Trinajstić information content (AvgIpc) is 2.82. The molecule has 5 nitrogen and oxygen atoms in total. The van der Waals surface area contributed by atoms with Gasteiger partial charge in [0.1, 0.15) is 0 Å². The van der Waals surface area contributed by atoms with Crippen molar-refractivity contribution in [1.29, 1.82) is 0 Å². The van der Waals surface area contributed by atoms with Crippen molar-refractivity contribution in [1.82, 2.24) is 10.6 Å². The Balaban J connectivity index is 2.44. The smallest absolute Gasteiger partial charge is 0.261 e. The van der Waals surface area contributed by atoms with Gasteiger partial charge in [-0.05, 0) is 32.4 Å². The van der Waals surface area contributed by atoms with Gasteiger partial charge in [0.2, 0.25) is 5.91 Å². The zero-order chi connectivity index (χ0) is 14.5. The third-order valence-electron chi connectivity index (χ3n) is 2.94. The minimum Gasteiger partial charge on any atom is -0.394 e. The van der Waals surface area contributed by atoms with Gasteiger partial charge in [-0.1, -0.05) is 6.92 Å². The second kappa shape index (κ2) is 6.68. The average molecular weight is 284 g/mol. The van der Waals surface area contributed by atoms with Gasteiger partial charge >= 0.3 is 0 Å². The molecule has 0 aliphatic heterocycles. The maximum atomic E-state index is 11.7. The van der Waals surface area contributed by atoms with Crippen LogP contribution in [0.15, 0.2) is 12.1 Å². The minimum absolute atomic E-state index is 0.0919. The number of nitrogens with one attached hydrogen (secondary N) is 2. The predicted molar refractivity (Wildman–Crippen MR) is 75.3 cm³/mol. The van der Waals surface area contributed by atoms with Crippen molar-refractivity contribution in [3.63, 3.8) is 0 Å². The Hall–Kier alpha value is -1.40. The molecule has 1 heterocycles. The number of aliphatic hydroxyl groups is 1. The largest absolute Gasteiger partial charge is 0.394 e. The fraction of sp³-hybridized carbons (Fsp3) is 0.538. The minimum atomic E-state index is -0.638. The van der Waals surface area contributed by atoms with Gasteiger partial charge in [0.05, 0.1) is 23.6 Å². The van der Waals surface area contributed by atoms with E-state index < -0.39 is 5.54 Å². The van der Waals surface area contributed by atoms with Crippen LogP contribution < -0.4 is 10.6 Å². The van der Waals surface area contributed by atoms with Crippen LogP contribution in [-0.2, 0) is 4.79 Å². The van der Waals surface area contributed by atoms with Crippen LogP contribution >= 0.6 is 11.3 Å². The first-order chi connectivity index (χ1) is 8.90. The van der Waals surface area contributed by atoms with Gasteiger partial charge in [-0.3, -0.25) is 9.59 Å². The van der Waals surface area contributed by atoms with Gasteiger partial charge in [0, 0.05) is 4.88 Å². The van der Waals surface area contributed by atoms with Crippen LogP contribution in [-0.4, -0.2) is 35.6 Å². The number of hydrogen-bond acceptors (Lipinski definition) is 4. The van der Waals surface area contributed by atoms with Crippen LogP contribution in [0.5, 0.6) is 0 Å². The number of thiophene rings is 1. The highest BCUT2D eigenvalue weighted by Gasteiger charge is 2.23. The molecule has 0 aliphatic carbocycles. The molecular weight excluding hydrogens is 264 g/mol. The Morgan fingerprint density at radius 2 is 2.11 bits per heavy atom. The number of rotatable bonds is 6. The molecule has 6 heteroatoms. The molecule has 0 radical (unpaired) electrons. The van der Waals surface area contributed by atoms with Crippen molar-refractivity contribution in [2.45, 2.75) is 32.7 Å². The molecule has 106 valence electrons. The van der Waals surface area contributed by atoms with E-state index in [1.54, 1.807) is 13.0 Å². The summed E-state index contributed by atoms with van der Waals surface area (Å²) in [5.74, 6) is -0.560. The second-order valence-electron chi connectivity index (χ2n) is 4.71. The Kier molecular flexibility index (Phi) is 5.50. The molecule has 1 rings (SSSR count). The van der Waals surface area contributed by atoms with Gasteiger partial charge in [-0.25, -0.2) is 0 Å². The third-order valence-corrected chi connectivity index (χ3v) is 3.94. The highest BCUT2D eigenvalue weighted by molar-refractivity contribution is 7.13. The van der Waals surface area contributed by atoms with E-state index in [4.69, 9.17) is 0 Å². The predicted octanol–water partition coefficient (Wildman–Crippen LogP) is 1.06. The summed E-state index contributed by atoms with van der Waals surface area (Å²) in [5.41, 5.74) is -0.638. The molecule has 1 aromatic rings. The molecule has 3 N–H and O–H groups in total. The second-order valence-corrected chi connectivity index (χ2v) is 6.00. The lowest BCUT2D eigenvalue weighted by Crippen LogP contribution is -2.51. The number of aliphatic hydroxyl groups excluding tert-OH is 1. The van der Waals surface area contributed by atoms with Gasteiger partial charge in [0.25, 0.3) is 5.91 Å². The van der Waals surface area contributed by atoms with Crippen LogP contribution in [0.3, 0.4) is 0 Å². The Bertz CT molecular complexity index is 452. The van der Waals surface area contributed by atoms with Crippen molar-refractivity contribution >= 4 is 23.2 Å². The summed E-state index contributed by atoms with van der Waals surface area (Å²) in [5, 5.41) is 14.5. The van der Waals surface area contributed by atoms with Gasteiger partial charge < -0.3 is 15.7 Å². The van der Waals surface area contributed by atoms with E-state index in [0.29, 0.717) is 11.3 Å². The molecule has 1 unspecified atom stereocenters. The van der Waals surface area contributed by atoms with Crippen LogP contribution in [0.4, 0.5) is 0 Å². The van der Waals surface area contributed by atoms with E-state index in [1.807, 2.05) is 19.9 Å². The normalized spacial score (nSPS) is 13.7. The first kappa shape index (κ1) is 15.7. The lowest BCUT2D eigenvalue weighted by molar-refractivity contribution is -0.122. The molecule has 0 fully saturated rings. The molecule has 1 atom stereocenters. The number of hydrogen-bond donors (Lipinski definition) is 3. The van der Waals surface area contributed by atoms with E-state index in [1.165, 1.54) is 11.3 Å². The van der Waals surface area contributed by atoms with Crippen molar-refractivity contribution < 1.29 is 14.7 Å². The molecular formula is C13H20N2O3S. The van der Waals surface area contributed by atoms with Crippen LogP contribution in [0, 0.1) is 6.92 Å². The van der Waals surface area contributed by atoms with E-state index in [2.05, 4.69) is 10.6 Å². The van der Waals surface area contributed by atoms with Crippen LogP contribution in [0.1, 0.15) is 34.8 Å². The van der Waals surface area contributed by atoms with Crippen LogP contribution in [0.2, 0.25) is 0 Å². The first-order valence-electron chi connectivity index (χ1n) is 6.16. The molecule has 0 saturated carbocycles. The summed E-state index contributed by atoms with van der Waals surface area (Å²) in [6.45, 7) is 5.33. The molecule has 1 aromatic heterocycles. The summed E-state index contributed by atoms with van der Waals surface area (Å²) in [4.78, 5) is 25.1. The standard InChI is InChI=1S/C13H20N2O3S/c1-4-13(3,8-16)15-11(17)7-14-12(18)10-6-5-9(2)19-10/h5-6,16H,4,7-8H2,1-3H3,(H,14,18)(H,15,17). The van der Waals surface area contributed by atoms with Gasteiger partial charge in [0.15, 0.2) is 0 Å². The summed E-state index contributed by atoms with van der Waals surface area (Å²) >= 11 is 1.39. The van der Waals surface area contributed by atoms with Gasteiger partial charge in [-0.15, -0.1) is 11.3 Å². The summed E-state index contributed by atoms with van der Waals surface area (Å²) in [7, 11) is 0. The van der Waals surface area contributed by atoms with Crippen molar-refractivity contribution in [2.75, 3.05) is 13.2 Å². The fourth-order valence-electron chi connectivity index (χ4n) is 1.42. The maximum absolute atomic E-state index is 11.7. The Morgan fingerprint density at radius 3 is 2.58 bits per heavy atom. The van der Waals surface area contributed by atoms with Crippen LogP contribution in [0.25, 0.3) is 0 Å². The molecule has 0 aliphatic rings. The molecule has 0 aromatic carbocycles. The zero-order valence-corrected chi connectivity index (χ0v) is 12.3. The summed E-state index contributed by atoms with van der Waals surface area (Å²) in [6, 6.07) is 3.59. The lowest BCUT2D eigenvalue weighted by Gasteiger charge is -2.27. The molecule has 0 bridgehead atoms. The fourth-order valence-corrected chi connectivity index (χ4v) is 2.21. The molecule has 0 saturated heterocycles. The third kappa shape index (κ3) is 4.65. The monoisotopic (exact) mass is 284 g/mol. The first-order valence-corrected chi connectivity index (χ1v) is 6.98.